The maximum atomic E-state index is 13.9. The molecule has 0 radical (unpaired) electrons. The van der Waals surface area contributed by atoms with Gasteiger partial charge < -0.3 is 28.5 Å². The van der Waals surface area contributed by atoms with E-state index >= 15 is 0 Å². The third kappa shape index (κ3) is 4.46. The number of halogens is 3. The number of rotatable bonds is 6. The summed E-state index contributed by atoms with van der Waals surface area (Å²) in [6.07, 6.45) is -3.96. The molecule has 0 spiro atoms. The van der Waals surface area contributed by atoms with Gasteiger partial charge in [-0.1, -0.05) is 19.4 Å². The van der Waals surface area contributed by atoms with Gasteiger partial charge in [0.25, 0.3) is 0 Å². The van der Waals surface area contributed by atoms with Crippen LogP contribution in [-0.2, 0) is 17.4 Å². The van der Waals surface area contributed by atoms with Gasteiger partial charge in [0.05, 0.1) is 16.9 Å². The highest BCUT2D eigenvalue weighted by Gasteiger charge is 2.39. The second kappa shape index (κ2) is 8.68. The molecule has 33 heavy (non-hydrogen) atoms. The Labute approximate surface area is 185 Å². The molecule has 2 heterocycles. The van der Waals surface area contributed by atoms with E-state index in [1.807, 2.05) is 6.92 Å². The van der Waals surface area contributed by atoms with Crippen LogP contribution in [0.2, 0.25) is 0 Å². The van der Waals surface area contributed by atoms with E-state index in [2.05, 4.69) is 0 Å². The number of aliphatic carboxylic acids is 1. The first-order valence-corrected chi connectivity index (χ1v) is 10.1. The number of fused-ring (bicyclic) bond motifs is 2. The zero-order valence-electron chi connectivity index (χ0n) is 17.4. The second-order valence-electron chi connectivity index (χ2n) is 7.36. The summed E-state index contributed by atoms with van der Waals surface area (Å²) in [6, 6.07) is 6.56. The molecule has 0 saturated carbocycles. The van der Waals surface area contributed by atoms with Crippen LogP contribution >= 0.6 is 0 Å². The monoisotopic (exact) mass is 463 g/mol. The van der Waals surface area contributed by atoms with Crippen molar-refractivity contribution in [1.29, 1.82) is 0 Å². The summed E-state index contributed by atoms with van der Waals surface area (Å²) < 4.78 is 63.0. The summed E-state index contributed by atoms with van der Waals surface area (Å²) in [4.78, 5) is 24.1. The van der Waals surface area contributed by atoms with Crippen molar-refractivity contribution in [2.24, 2.45) is 0 Å². The Hall–Kier alpha value is -3.69. The fourth-order valence-electron chi connectivity index (χ4n) is 3.66. The Morgan fingerprint density at radius 2 is 1.85 bits per heavy atom. The number of hydrogen-bond donors (Lipinski definition) is 0. The number of carboxylic acids is 1. The zero-order chi connectivity index (χ0) is 23.8. The lowest BCUT2D eigenvalue weighted by atomic mass is 9.99. The third-order valence-electron chi connectivity index (χ3n) is 5.03. The summed E-state index contributed by atoms with van der Waals surface area (Å²) in [5.41, 5.74) is -1.48. The van der Waals surface area contributed by atoms with Gasteiger partial charge in [-0.25, -0.2) is 0 Å². The smallest absolute Gasteiger partial charge is 0.450 e. The number of carboxylic acid groups (broad SMARTS) is 1. The lowest BCUT2D eigenvalue weighted by molar-refractivity contribution is -0.307. The predicted molar refractivity (Wildman–Crippen MR) is 108 cm³/mol. The average Bonchev–Trinajstić information content (AvgIpc) is 2.77. The molecule has 1 aliphatic rings. The molecule has 174 valence electrons. The van der Waals surface area contributed by atoms with Crippen LogP contribution in [0.1, 0.15) is 24.7 Å². The van der Waals surface area contributed by atoms with Gasteiger partial charge in [0, 0.05) is 6.07 Å². The molecule has 0 fully saturated rings. The number of ether oxygens (including phenoxy) is 3. The fraction of sp³-hybridized carbons (Fsp3) is 0.304. The molecule has 0 atom stereocenters. The van der Waals surface area contributed by atoms with E-state index in [-0.39, 0.29) is 34.6 Å². The van der Waals surface area contributed by atoms with Gasteiger partial charge >= 0.3 is 6.18 Å². The van der Waals surface area contributed by atoms with E-state index in [4.69, 9.17) is 18.6 Å². The minimum absolute atomic E-state index is 0.0110. The fourth-order valence-corrected chi connectivity index (χ4v) is 3.66. The Morgan fingerprint density at radius 3 is 2.52 bits per heavy atom. The van der Waals surface area contributed by atoms with E-state index in [1.165, 1.54) is 24.3 Å². The highest BCUT2D eigenvalue weighted by atomic mass is 19.4. The number of aryl methyl sites for hydroxylation is 1. The summed E-state index contributed by atoms with van der Waals surface area (Å²) >= 11 is 0. The molecule has 0 unspecified atom stereocenters. The first-order valence-electron chi connectivity index (χ1n) is 10.1. The van der Waals surface area contributed by atoms with Crippen molar-refractivity contribution in [1.82, 2.24) is 0 Å². The van der Waals surface area contributed by atoms with Crippen molar-refractivity contribution >= 4 is 16.9 Å². The molecule has 4 rings (SSSR count). The van der Waals surface area contributed by atoms with Crippen LogP contribution in [0.4, 0.5) is 13.2 Å². The lowest BCUT2D eigenvalue weighted by Gasteiger charge is -2.20. The predicted octanol–water partition coefficient (Wildman–Crippen LogP) is 3.33. The summed E-state index contributed by atoms with van der Waals surface area (Å²) in [5.74, 6) is -2.38. The Balaban J connectivity index is 1.96. The van der Waals surface area contributed by atoms with Crippen molar-refractivity contribution in [3.05, 3.63) is 51.9 Å². The molecule has 0 N–H and O–H groups in total. The lowest BCUT2D eigenvalue weighted by Crippen LogP contribution is -2.29. The highest BCUT2D eigenvalue weighted by Crippen LogP contribution is 2.41. The Kier molecular flexibility index (Phi) is 5.92. The largest absolute Gasteiger partial charge is 0.546 e. The SMILES string of the molecule is CCCc1cc2c(=O)c(-c3ccc4c(c3)OCCO4)c(C(F)(F)F)oc2cc1OCC(=O)[O-]. The van der Waals surface area contributed by atoms with E-state index in [0.717, 1.165) is 6.07 Å². The normalized spacial score (nSPS) is 13.2. The molecular weight excluding hydrogens is 445 g/mol. The maximum Gasteiger partial charge on any atom is 0.450 e. The van der Waals surface area contributed by atoms with Crippen LogP contribution in [-0.4, -0.2) is 25.8 Å². The first-order chi connectivity index (χ1) is 15.7. The molecule has 3 aromatic rings. The van der Waals surface area contributed by atoms with E-state index in [9.17, 15) is 27.9 Å². The van der Waals surface area contributed by atoms with Gasteiger partial charge in [0.1, 0.15) is 31.2 Å². The zero-order valence-corrected chi connectivity index (χ0v) is 17.4. The number of benzene rings is 2. The van der Waals surface area contributed by atoms with Crippen LogP contribution in [0.5, 0.6) is 17.2 Å². The van der Waals surface area contributed by atoms with Gasteiger partial charge in [-0.3, -0.25) is 4.79 Å². The van der Waals surface area contributed by atoms with Crippen molar-refractivity contribution in [3.63, 3.8) is 0 Å². The maximum absolute atomic E-state index is 13.9. The molecule has 0 aliphatic carbocycles. The van der Waals surface area contributed by atoms with Crippen molar-refractivity contribution in [3.8, 4) is 28.4 Å². The quantitative estimate of drug-likeness (QED) is 0.553. The first kappa shape index (κ1) is 22.5. The van der Waals surface area contributed by atoms with E-state index < -0.39 is 35.5 Å². The molecule has 10 heteroatoms. The second-order valence-corrected chi connectivity index (χ2v) is 7.36. The third-order valence-corrected chi connectivity index (χ3v) is 5.03. The van der Waals surface area contributed by atoms with Gasteiger partial charge in [0.15, 0.2) is 11.5 Å². The van der Waals surface area contributed by atoms with Gasteiger partial charge in [0.2, 0.25) is 11.2 Å². The molecule has 0 amide bonds. The average molecular weight is 463 g/mol. The molecule has 1 aliphatic heterocycles. The molecule has 1 aromatic heterocycles. The van der Waals surface area contributed by atoms with Gasteiger partial charge in [-0.05, 0) is 35.7 Å². The van der Waals surface area contributed by atoms with E-state index in [1.54, 1.807) is 0 Å². The summed E-state index contributed by atoms with van der Waals surface area (Å²) in [7, 11) is 0. The number of carbonyl (C=O) groups excluding carboxylic acids is 1. The topological polar surface area (TPSA) is 98.0 Å². The Morgan fingerprint density at radius 1 is 1.12 bits per heavy atom. The molecule has 2 aromatic carbocycles. The molecular formula is C23H18F3O7-. The van der Waals surface area contributed by atoms with Crippen LogP contribution in [0.15, 0.2) is 39.5 Å². The molecule has 0 bridgehead atoms. The Bertz CT molecular complexity index is 1280. The van der Waals surface area contributed by atoms with Gasteiger partial charge in [-0.2, -0.15) is 13.2 Å². The van der Waals surface area contributed by atoms with Crippen LogP contribution < -0.4 is 24.7 Å². The van der Waals surface area contributed by atoms with Crippen molar-refractivity contribution in [2.75, 3.05) is 19.8 Å². The number of alkyl halides is 3. The minimum atomic E-state index is -4.98. The summed E-state index contributed by atoms with van der Waals surface area (Å²) in [6.45, 7) is 1.58. The van der Waals surface area contributed by atoms with E-state index in [0.29, 0.717) is 30.8 Å². The van der Waals surface area contributed by atoms with Gasteiger partial charge in [-0.15, -0.1) is 0 Å². The van der Waals surface area contributed by atoms with Crippen LogP contribution in [0, 0.1) is 0 Å². The standard InChI is InChI=1S/C23H19F3O7/c1-2-3-12-8-14-17(10-16(12)32-11-19(27)28)33-22(23(24,25)26)20(21(14)29)13-4-5-15-18(9-13)31-7-6-30-15/h4-5,8-10H,2-3,6-7,11H2,1H3,(H,27,28)/p-1. The molecule has 0 saturated heterocycles. The van der Waals surface area contributed by atoms with Crippen LogP contribution in [0.25, 0.3) is 22.1 Å². The highest BCUT2D eigenvalue weighted by molar-refractivity contribution is 5.85. The van der Waals surface area contributed by atoms with Crippen molar-refractivity contribution in [2.45, 2.75) is 25.9 Å². The number of hydrogen-bond acceptors (Lipinski definition) is 7. The number of carbonyl (C=O) groups is 1. The van der Waals surface area contributed by atoms with Crippen LogP contribution in [0.3, 0.4) is 0 Å². The van der Waals surface area contributed by atoms with Crippen molar-refractivity contribution < 1.29 is 41.7 Å². The summed E-state index contributed by atoms with van der Waals surface area (Å²) in [5, 5.41) is 10.7. The molecule has 7 nitrogen and oxygen atoms in total. The minimum Gasteiger partial charge on any atom is -0.546 e.